The summed E-state index contributed by atoms with van der Waals surface area (Å²) in [6.07, 6.45) is 2.88. The summed E-state index contributed by atoms with van der Waals surface area (Å²) in [4.78, 5) is 72.3. The van der Waals surface area contributed by atoms with Crippen LogP contribution in [0.25, 0.3) is 10.8 Å². The smallest absolute Gasteiger partial charge is 0.254 e. The fourth-order valence-corrected chi connectivity index (χ4v) is 7.45. The fraction of sp³-hybridized carbons (Fsp3) is 0.432. The number of thioether (sulfide) groups is 1. The Labute approximate surface area is 286 Å². The first kappa shape index (κ1) is 34.9. The van der Waals surface area contributed by atoms with Gasteiger partial charge < -0.3 is 25.3 Å². The number of likely N-dealkylation sites (N-methyl/N-ethyl adjacent to an activating group) is 2. The van der Waals surface area contributed by atoms with Crippen LogP contribution in [0.2, 0.25) is 0 Å². The minimum atomic E-state index is -0.907. The molecule has 2 aliphatic rings. The first-order valence-corrected chi connectivity index (χ1v) is 17.7. The SMILES string of the molecule is CCCCC(=O)N[C@@H]1C[C@H]2CSc3cccc(c3)C(=O)N(C)[C@H](C(=O)NCc3ccc4ccccc4c3)CCC(=O)N(C)CC(=O)N2C1. The van der Waals surface area contributed by atoms with Gasteiger partial charge in [-0.15, -0.1) is 11.8 Å². The molecule has 0 aromatic heterocycles. The molecule has 5 rings (SSSR count). The zero-order valence-electron chi connectivity index (χ0n) is 27.9. The summed E-state index contributed by atoms with van der Waals surface area (Å²) in [7, 11) is 3.18. The van der Waals surface area contributed by atoms with Gasteiger partial charge in [-0.25, -0.2) is 0 Å². The Hall–Kier alpha value is -4.38. The molecule has 2 N–H and O–H groups in total. The second kappa shape index (κ2) is 16.1. The molecule has 0 saturated carbocycles. The number of nitrogens with one attached hydrogen (secondary N) is 2. The highest BCUT2D eigenvalue weighted by Crippen LogP contribution is 2.28. The lowest BCUT2D eigenvalue weighted by atomic mass is 10.1. The molecule has 0 radical (unpaired) electrons. The van der Waals surface area contributed by atoms with Crippen LogP contribution in [0, 0.1) is 0 Å². The third-order valence-corrected chi connectivity index (χ3v) is 10.3. The Bertz CT molecular complexity index is 1660. The van der Waals surface area contributed by atoms with Gasteiger partial charge in [-0.2, -0.15) is 0 Å². The Morgan fingerprint density at radius 1 is 0.938 bits per heavy atom. The van der Waals surface area contributed by atoms with E-state index in [0.29, 0.717) is 30.7 Å². The summed E-state index contributed by atoms with van der Waals surface area (Å²) in [5, 5.41) is 8.24. The van der Waals surface area contributed by atoms with Crippen LogP contribution in [0.3, 0.4) is 0 Å². The molecule has 10 nitrogen and oxygen atoms in total. The summed E-state index contributed by atoms with van der Waals surface area (Å²) in [6.45, 7) is 2.58. The van der Waals surface area contributed by atoms with Gasteiger partial charge in [0.15, 0.2) is 0 Å². The standard InChI is InChI=1S/C37H45N5O5S/c1-4-5-13-33(43)39-29-20-30-24-48-31-12-8-11-28(19-31)37(47)41(3)32(16-17-34(44)40(2)23-35(45)42(30)22-29)36(46)38-21-25-14-15-26-9-6-7-10-27(26)18-25/h6-12,14-15,18-19,29-30,32H,4-5,13,16-17,20-24H2,1-3H3,(H,38,46)(H,39,43)/t29-,30+,32+/m1/s1. The van der Waals surface area contributed by atoms with Crippen molar-refractivity contribution in [3.63, 3.8) is 0 Å². The Morgan fingerprint density at radius 3 is 2.52 bits per heavy atom. The molecule has 254 valence electrons. The molecule has 11 heteroatoms. The molecule has 5 amide bonds. The van der Waals surface area contributed by atoms with E-state index in [4.69, 9.17) is 0 Å². The van der Waals surface area contributed by atoms with Gasteiger partial charge in [0, 0.05) is 68.3 Å². The van der Waals surface area contributed by atoms with Crippen LogP contribution in [0.1, 0.15) is 61.4 Å². The number of hydrogen-bond acceptors (Lipinski definition) is 6. The highest BCUT2D eigenvalue weighted by Gasteiger charge is 2.37. The van der Waals surface area contributed by atoms with Crippen LogP contribution >= 0.6 is 11.8 Å². The van der Waals surface area contributed by atoms with Crippen molar-refractivity contribution in [3.8, 4) is 0 Å². The molecule has 0 aliphatic carbocycles. The van der Waals surface area contributed by atoms with Crippen molar-refractivity contribution in [1.82, 2.24) is 25.3 Å². The number of benzene rings is 3. The van der Waals surface area contributed by atoms with Gasteiger partial charge in [0.1, 0.15) is 6.04 Å². The topological polar surface area (TPSA) is 119 Å². The van der Waals surface area contributed by atoms with E-state index in [2.05, 4.69) is 10.6 Å². The average molecular weight is 672 g/mol. The van der Waals surface area contributed by atoms with Crippen LogP contribution < -0.4 is 10.6 Å². The molecule has 1 fully saturated rings. The van der Waals surface area contributed by atoms with E-state index in [1.54, 1.807) is 36.8 Å². The lowest BCUT2D eigenvalue weighted by Crippen LogP contribution is -2.48. The van der Waals surface area contributed by atoms with Crippen LogP contribution in [-0.4, -0.2) is 95.3 Å². The summed E-state index contributed by atoms with van der Waals surface area (Å²) in [5.74, 6) is -0.593. The lowest BCUT2D eigenvalue weighted by Gasteiger charge is -2.29. The molecule has 0 unspecified atom stereocenters. The third kappa shape index (κ3) is 8.74. The van der Waals surface area contributed by atoms with E-state index in [1.165, 1.54) is 9.80 Å². The minimum absolute atomic E-state index is 0.0144. The van der Waals surface area contributed by atoms with E-state index >= 15 is 0 Å². The predicted molar refractivity (Wildman–Crippen MR) is 187 cm³/mol. The van der Waals surface area contributed by atoms with Crippen LogP contribution in [0.15, 0.2) is 71.6 Å². The van der Waals surface area contributed by atoms with Crippen molar-refractivity contribution in [2.45, 2.75) is 75.0 Å². The number of unbranched alkanes of at least 4 members (excludes halogenated alkanes) is 1. The zero-order chi connectivity index (χ0) is 34.2. The number of amides is 5. The first-order valence-electron chi connectivity index (χ1n) is 16.7. The maximum Gasteiger partial charge on any atom is 0.254 e. The lowest BCUT2D eigenvalue weighted by molar-refractivity contribution is -0.140. The monoisotopic (exact) mass is 671 g/mol. The third-order valence-electron chi connectivity index (χ3n) is 9.18. The first-order chi connectivity index (χ1) is 23.1. The van der Waals surface area contributed by atoms with Crippen molar-refractivity contribution >= 4 is 52.1 Å². The largest absolute Gasteiger partial charge is 0.352 e. The number of rotatable bonds is 7. The molecule has 2 bridgehead atoms. The van der Waals surface area contributed by atoms with Crippen molar-refractivity contribution in [3.05, 3.63) is 77.9 Å². The van der Waals surface area contributed by atoms with Gasteiger partial charge in [0.25, 0.3) is 5.91 Å². The van der Waals surface area contributed by atoms with Gasteiger partial charge in [0.2, 0.25) is 23.6 Å². The van der Waals surface area contributed by atoms with Gasteiger partial charge in [-0.1, -0.05) is 55.8 Å². The number of hydrogen-bond donors (Lipinski definition) is 2. The van der Waals surface area contributed by atoms with E-state index < -0.39 is 6.04 Å². The van der Waals surface area contributed by atoms with Gasteiger partial charge in [-0.05, 0) is 59.9 Å². The number of carbonyl (C=O) groups is 5. The summed E-state index contributed by atoms with van der Waals surface area (Å²) in [5.41, 5.74) is 1.36. The van der Waals surface area contributed by atoms with E-state index in [0.717, 1.165) is 34.1 Å². The highest BCUT2D eigenvalue weighted by molar-refractivity contribution is 7.99. The van der Waals surface area contributed by atoms with Crippen LogP contribution in [-0.2, 0) is 25.7 Å². The Balaban J connectivity index is 1.34. The molecule has 2 heterocycles. The highest BCUT2D eigenvalue weighted by atomic mass is 32.2. The van der Waals surface area contributed by atoms with Gasteiger partial charge in [0.05, 0.1) is 6.54 Å². The molecule has 48 heavy (non-hydrogen) atoms. The number of carbonyl (C=O) groups excluding carboxylic acids is 5. The second-order valence-electron chi connectivity index (χ2n) is 12.8. The maximum absolute atomic E-state index is 13.8. The molecule has 0 spiro atoms. The maximum atomic E-state index is 13.8. The van der Waals surface area contributed by atoms with E-state index in [1.807, 2.05) is 67.6 Å². The van der Waals surface area contributed by atoms with Crippen LogP contribution in [0.4, 0.5) is 0 Å². The quantitative estimate of drug-likeness (QED) is 0.389. The second-order valence-corrected chi connectivity index (χ2v) is 13.9. The molecule has 3 aromatic carbocycles. The summed E-state index contributed by atoms with van der Waals surface area (Å²) in [6, 6.07) is 20.0. The van der Waals surface area contributed by atoms with Crippen LogP contribution in [0.5, 0.6) is 0 Å². The molecular weight excluding hydrogens is 627 g/mol. The van der Waals surface area contributed by atoms with Gasteiger partial charge in [-0.3, -0.25) is 24.0 Å². The molecule has 2 aliphatic heterocycles. The van der Waals surface area contributed by atoms with Crippen molar-refractivity contribution in [1.29, 1.82) is 0 Å². The fourth-order valence-electron chi connectivity index (χ4n) is 6.37. The van der Waals surface area contributed by atoms with Crippen molar-refractivity contribution in [2.75, 3.05) is 32.9 Å². The van der Waals surface area contributed by atoms with E-state index in [9.17, 15) is 24.0 Å². The molecule has 1 saturated heterocycles. The minimum Gasteiger partial charge on any atom is -0.352 e. The Kier molecular flexibility index (Phi) is 11.8. The number of fused-ring (bicyclic) bond motifs is 4. The van der Waals surface area contributed by atoms with Gasteiger partial charge >= 0.3 is 0 Å². The normalized spacial score (nSPS) is 20.9. The molecule has 3 atom stereocenters. The zero-order valence-corrected chi connectivity index (χ0v) is 28.8. The van der Waals surface area contributed by atoms with Crippen molar-refractivity contribution < 1.29 is 24.0 Å². The van der Waals surface area contributed by atoms with E-state index in [-0.39, 0.29) is 67.6 Å². The molecule has 3 aromatic rings. The number of nitrogens with zero attached hydrogens (tertiary/aromatic N) is 3. The Morgan fingerprint density at radius 2 is 1.73 bits per heavy atom. The van der Waals surface area contributed by atoms with Crippen molar-refractivity contribution in [2.24, 2.45) is 0 Å². The summed E-state index contributed by atoms with van der Waals surface area (Å²) < 4.78 is 0. The molecular formula is C37H45N5O5S. The summed E-state index contributed by atoms with van der Waals surface area (Å²) >= 11 is 1.54. The predicted octanol–water partition coefficient (Wildman–Crippen LogP) is 4.22. The average Bonchev–Trinajstić information content (AvgIpc) is 3.50.